The number of rotatable bonds is 6. The molecule has 4 nitrogen and oxygen atoms in total. The summed E-state index contributed by atoms with van der Waals surface area (Å²) in [6.07, 6.45) is 2.60. The summed E-state index contributed by atoms with van der Waals surface area (Å²) in [5.74, 6) is 0.585. The van der Waals surface area contributed by atoms with E-state index in [0.29, 0.717) is 22.6 Å². The molecule has 0 amide bonds. The van der Waals surface area contributed by atoms with Gasteiger partial charge in [0.1, 0.15) is 0 Å². The quantitative estimate of drug-likeness (QED) is 0.323. The van der Waals surface area contributed by atoms with Crippen molar-refractivity contribution in [2.45, 2.75) is 20.3 Å². The van der Waals surface area contributed by atoms with Crippen molar-refractivity contribution in [2.24, 2.45) is 0 Å². The van der Waals surface area contributed by atoms with E-state index < -0.39 is 0 Å². The Morgan fingerprint density at radius 3 is 2.88 bits per heavy atom. The summed E-state index contributed by atoms with van der Waals surface area (Å²) in [4.78, 5) is 13.4. The molecule has 130 valence electrons. The van der Waals surface area contributed by atoms with Gasteiger partial charge in [-0.05, 0) is 43.1 Å². The fraction of sp³-hybridized carbons (Fsp3) is 0.235. The van der Waals surface area contributed by atoms with E-state index >= 15 is 0 Å². The number of aryl methyl sites for hydroxylation is 1. The molecule has 2 heterocycles. The normalized spacial score (nSPS) is 10.9. The van der Waals surface area contributed by atoms with Gasteiger partial charge in [0.15, 0.2) is 5.82 Å². The van der Waals surface area contributed by atoms with Crippen LogP contribution in [-0.4, -0.2) is 20.7 Å². The summed E-state index contributed by atoms with van der Waals surface area (Å²) in [6, 6.07) is 7.02. The lowest BCUT2D eigenvalue weighted by atomic mass is 10.1. The third kappa shape index (κ3) is 4.11. The number of nitrogens with zero attached hydrogens (tertiary/aromatic N) is 3. The van der Waals surface area contributed by atoms with Gasteiger partial charge in [-0.3, -0.25) is 0 Å². The Labute approximate surface area is 159 Å². The summed E-state index contributed by atoms with van der Waals surface area (Å²) < 4.78 is 18.1. The topological polar surface area (TPSA) is 50.7 Å². The van der Waals surface area contributed by atoms with Crippen molar-refractivity contribution < 1.29 is 4.39 Å². The number of thiazole rings is 1. The largest absolute Gasteiger partial charge is 0.327 e. The summed E-state index contributed by atoms with van der Waals surface area (Å²) in [5.41, 5.74) is 2.10. The zero-order valence-corrected chi connectivity index (χ0v) is 16.1. The highest BCUT2D eigenvalue weighted by Crippen LogP contribution is 2.38. The number of aromatic nitrogens is 3. The zero-order valence-electron chi connectivity index (χ0n) is 13.7. The van der Waals surface area contributed by atoms with E-state index in [1.165, 1.54) is 23.3 Å². The van der Waals surface area contributed by atoms with E-state index in [1.807, 2.05) is 13.0 Å². The lowest BCUT2D eigenvalue weighted by molar-refractivity contribution is 0.635. The molecule has 3 aromatic rings. The van der Waals surface area contributed by atoms with Crippen molar-refractivity contribution in [3.63, 3.8) is 0 Å². The Morgan fingerprint density at radius 2 is 2.12 bits per heavy atom. The molecule has 0 atom stereocenters. The second kappa shape index (κ2) is 8.12. The lowest BCUT2D eigenvalue weighted by Gasteiger charge is -2.10. The van der Waals surface area contributed by atoms with Crippen LogP contribution in [0.25, 0.3) is 21.8 Å². The van der Waals surface area contributed by atoms with Gasteiger partial charge in [-0.2, -0.15) is 0 Å². The molecule has 0 radical (unpaired) electrons. The van der Waals surface area contributed by atoms with Crippen molar-refractivity contribution in [3.8, 4) is 21.8 Å². The maximum Gasteiger partial charge on any atom is 0.222 e. The minimum atomic E-state index is -0.321. The van der Waals surface area contributed by atoms with E-state index in [1.54, 1.807) is 24.4 Å². The first-order chi connectivity index (χ1) is 12.1. The Bertz CT molecular complexity index is 885. The van der Waals surface area contributed by atoms with Crippen LogP contribution in [-0.2, 0) is 0 Å². The molecule has 0 fully saturated rings. The zero-order chi connectivity index (χ0) is 17.8. The molecule has 1 N–H and O–H groups in total. The number of anilines is 1. The van der Waals surface area contributed by atoms with Crippen LogP contribution in [0.4, 0.5) is 10.1 Å². The SMILES string of the molecule is CCCSNc1cccc(-c2nc(C)sc2-c2ccnc(Cl)n2)c1F. The van der Waals surface area contributed by atoms with Crippen LogP contribution < -0.4 is 4.72 Å². The molecule has 0 bridgehead atoms. The molecule has 0 aliphatic carbocycles. The third-order valence-corrected chi connectivity index (χ3v) is 5.49. The number of halogens is 2. The smallest absolute Gasteiger partial charge is 0.222 e. The minimum absolute atomic E-state index is 0.154. The van der Waals surface area contributed by atoms with Gasteiger partial charge in [-0.25, -0.2) is 19.3 Å². The maximum absolute atomic E-state index is 15.0. The summed E-state index contributed by atoms with van der Waals surface area (Å²) in [6.45, 7) is 3.97. The Balaban J connectivity index is 2.04. The van der Waals surface area contributed by atoms with Crippen molar-refractivity contribution in [1.82, 2.24) is 15.0 Å². The highest BCUT2D eigenvalue weighted by Gasteiger charge is 2.19. The fourth-order valence-corrected chi connectivity index (χ4v) is 3.94. The van der Waals surface area contributed by atoms with Crippen LogP contribution >= 0.6 is 34.9 Å². The first kappa shape index (κ1) is 18.1. The first-order valence-corrected chi connectivity index (χ1v) is 9.91. The number of nitrogens with one attached hydrogen (secondary N) is 1. The fourth-order valence-electron chi connectivity index (χ4n) is 2.27. The summed E-state index contributed by atoms with van der Waals surface area (Å²) >= 11 is 8.84. The second-order valence-electron chi connectivity index (χ2n) is 5.24. The molecular formula is C17H16ClFN4S2. The molecule has 1 aromatic carbocycles. The van der Waals surface area contributed by atoms with Crippen LogP contribution in [0.5, 0.6) is 0 Å². The average Bonchev–Trinajstić information content (AvgIpc) is 2.98. The summed E-state index contributed by atoms with van der Waals surface area (Å²) in [5, 5.41) is 0.985. The van der Waals surface area contributed by atoms with E-state index in [0.717, 1.165) is 22.1 Å². The number of hydrogen-bond acceptors (Lipinski definition) is 6. The molecule has 8 heteroatoms. The molecule has 0 saturated carbocycles. The van der Waals surface area contributed by atoms with Gasteiger partial charge in [0.2, 0.25) is 5.28 Å². The number of benzene rings is 1. The van der Waals surface area contributed by atoms with Crippen LogP contribution in [0, 0.1) is 12.7 Å². The van der Waals surface area contributed by atoms with Gasteiger partial charge in [0, 0.05) is 17.5 Å². The molecular weight excluding hydrogens is 379 g/mol. The van der Waals surface area contributed by atoms with Crippen molar-refractivity contribution in [3.05, 3.63) is 46.6 Å². The summed E-state index contributed by atoms with van der Waals surface area (Å²) in [7, 11) is 0. The minimum Gasteiger partial charge on any atom is -0.327 e. The van der Waals surface area contributed by atoms with Gasteiger partial charge in [-0.15, -0.1) is 11.3 Å². The molecule has 2 aromatic heterocycles. The highest BCUT2D eigenvalue weighted by molar-refractivity contribution is 8.00. The molecule has 0 aliphatic heterocycles. The van der Waals surface area contributed by atoms with Gasteiger partial charge < -0.3 is 4.72 Å². The van der Waals surface area contributed by atoms with Gasteiger partial charge in [-0.1, -0.05) is 24.9 Å². The maximum atomic E-state index is 15.0. The van der Waals surface area contributed by atoms with Crippen molar-refractivity contribution >= 4 is 40.6 Å². The van der Waals surface area contributed by atoms with Crippen LogP contribution in [0.15, 0.2) is 30.5 Å². The van der Waals surface area contributed by atoms with Crippen LogP contribution in [0.3, 0.4) is 0 Å². The van der Waals surface area contributed by atoms with E-state index in [2.05, 4.69) is 26.6 Å². The predicted molar refractivity (Wildman–Crippen MR) is 105 cm³/mol. The Hall–Kier alpha value is -1.70. The van der Waals surface area contributed by atoms with E-state index in [9.17, 15) is 4.39 Å². The van der Waals surface area contributed by atoms with E-state index in [-0.39, 0.29) is 11.1 Å². The predicted octanol–water partition coefficient (Wildman–Crippen LogP) is 5.84. The standard InChI is InChI=1S/C17H16ClFN4S2/c1-3-9-24-23-12-6-4-5-11(14(12)19)15-16(25-10(2)21-15)13-7-8-20-17(18)22-13/h4-8,23H,3,9H2,1-2H3. The van der Waals surface area contributed by atoms with Crippen molar-refractivity contribution in [2.75, 3.05) is 10.5 Å². The lowest BCUT2D eigenvalue weighted by Crippen LogP contribution is -1.96. The first-order valence-electron chi connectivity index (χ1n) is 7.73. The number of hydrogen-bond donors (Lipinski definition) is 1. The Morgan fingerprint density at radius 1 is 1.28 bits per heavy atom. The molecule has 0 spiro atoms. The molecule has 0 unspecified atom stereocenters. The molecule has 0 aliphatic rings. The molecule has 0 saturated heterocycles. The molecule has 25 heavy (non-hydrogen) atoms. The van der Waals surface area contributed by atoms with Gasteiger partial charge >= 0.3 is 0 Å². The van der Waals surface area contributed by atoms with Crippen molar-refractivity contribution in [1.29, 1.82) is 0 Å². The average molecular weight is 395 g/mol. The monoisotopic (exact) mass is 394 g/mol. The molecule has 3 rings (SSSR count). The van der Waals surface area contributed by atoms with Gasteiger partial charge in [0.25, 0.3) is 0 Å². The third-order valence-electron chi connectivity index (χ3n) is 3.34. The van der Waals surface area contributed by atoms with Crippen LogP contribution in [0.1, 0.15) is 18.4 Å². The van der Waals surface area contributed by atoms with Crippen LogP contribution in [0.2, 0.25) is 5.28 Å². The van der Waals surface area contributed by atoms with E-state index in [4.69, 9.17) is 11.6 Å². The van der Waals surface area contributed by atoms with Gasteiger partial charge in [0.05, 0.1) is 27.0 Å². The highest BCUT2D eigenvalue weighted by atomic mass is 35.5. The second-order valence-corrected chi connectivity index (χ2v) is 7.68. The Kier molecular flexibility index (Phi) is 5.88.